The molecule has 3 heteroatoms. The van der Waals surface area contributed by atoms with Crippen LogP contribution in [0.3, 0.4) is 0 Å². The maximum Gasteiger partial charge on any atom is 0.122 e. The van der Waals surface area contributed by atoms with Crippen molar-refractivity contribution in [2.45, 2.75) is 71.1 Å². The third-order valence-corrected chi connectivity index (χ3v) is 8.03. The maximum atomic E-state index is 5.90. The van der Waals surface area contributed by atoms with Gasteiger partial charge in [0.05, 0.1) is 0 Å². The monoisotopic (exact) mass is 381 g/mol. The number of rotatable bonds is 6. The molecule has 27 heavy (non-hydrogen) atoms. The van der Waals surface area contributed by atoms with Gasteiger partial charge in [-0.3, -0.25) is 0 Å². The molecular formula is C24H31NOS. The first-order valence-corrected chi connectivity index (χ1v) is 11.3. The van der Waals surface area contributed by atoms with E-state index in [0.717, 1.165) is 18.2 Å². The van der Waals surface area contributed by atoms with Gasteiger partial charge in [0.2, 0.25) is 0 Å². The molecule has 2 unspecified atom stereocenters. The summed E-state index contributed by atoms with van der Waals surface area (Å²) in [5.74, 6) is 1.90. The smallest absolute Gasteiger partial charge is 0.122 e. The number of thiophene rings is 1. The Kier molecular flexibility index (Phi) is 4.18. The van der Waals surface area contributed by atoms with Crippen molar-refractivity contribution < 1.29 is 4.74 Å². The molecule has 4 bridgehead atoms. The van der Waals surface area contributed by atoms with Crippen molar-refractivity contribution in [3.05, 3.63) is 52.2 Å². The summed E-state index contributed by atoms with van der Waals surface area (Å²) in [6, 6.07) is 12.9. The molecule has 0 aliphatic heterocycles. The second-order valence-electron chi connectivity index (χ2n) is 10.3. The summed E-state index contributed by atoms with van der Waals surface area (Å²) in [5, 5.41) is 6.12. The van der Waals surface area contributed by atoms with Gasteiger partial charge in [-0.15, -0.1) is 11.3 Å². The fraction of sp³-hybridized carbons (Fsp3) is 0.583. The molecule has 2 aromatic rings. The van der Waals surface area contributed by atoms with Crippen molar-refractivity contribution in [2.24, 2.45) is 16.7 Å². The molecule has 1 heterocycles. The molecule has 4 aliphatic carbocycles. The summed E-state index contributed by atoms with van der Waals surface area (Å²) >= 11 is 1.74. The molecule has 0 radical (unpaired) electrons. The molecule has 1 N–H and O–H groups in total. The van der Waals surface area contributed by atoms with Crippen LogP contribution in [-0.2, 0) is 13.2 Å². The van der Waals surface area contributed by atoms with Gasteiger partial charge in [-0.05, 0) is 84.4 Å². The summed E-state index contributed by atoms with van der Waals surface area (Å²) < 4.78 is 5.90. The van der Waals surface area contributed by atoms with Crippen LogP contribution in [0.2, 0.25) is 0 Å². The second kappa shape index (κ2) is 6.35. The van der Waals surface area contributed by atoms with Gasteiger partial charge in [0.1, 0.15) is 12.4 Å². The number of ether oxygens (including phenoxy) is 1. The van der Waals surface area contributed by atoms with Crippen LogP contribution < -0.4 is 10.1 Å². The van der Waals surface area contributed by atoms with Crippen LogP contribution in [0.15, 0.2) is 41.8 Å². The number of benzene rings is 1. The van der Waals surface area contributed by atoms with E-state index in [2.05, 4.69) is 60.9 Å². The molecule has 0 spiro atoms. The van der Waals surface area contributed by atoms with E-state index in [0.29, 0.717) is 23.0 Å². The zero-order valence-corrected chi connectivity index (χ0v) is 17.4. The topological polar surface area (TPSA) is 21.3 Å². The van der Waals surface area contributed by atoms with E-state index in [-0.39, 0.29) is 0 Å². The van der Waals surface area contributed by atoms with Crippen molar-refractivity contribution in [3.8, 4) is 5.75 Å². The Balaban J connectivity index is 1.21. The van der Waals surface area contributed by atoms with Crippen LogP contribution >= 0.6 is 11.3 Å². The van der Waals surface area contributed by atoms with Crippen molar-refractivity contribution in [1.82, 2.24) is 5.32 Å². The fourth-order valence-corrected chi connectivity index (χ4v) is 7.80. The number of nitrogens with one attached hydrogen (secondary N) is 1. The Morgan fingerprint density at radius 1 is 1.00 bits per heavy atom. The lowest BCUT2D eigenvalue weighted by Gasteiger charge is -2.65. The highest BCUT2D eigenvalue weighted by Crippen LogP contribution is 2.66. The lowest BCUT2D eigenvalue weighted by molar-refractivity contribution is -0.118. The molecule has 6 rings (SSSR count). The van der Waals surface area contributed by atoms with Crippen LogP contribution in [-0.4, -0.2) is 5.54 Å². The van der Waals surface area contributed by atoms with Gasteiger partial charge in [0.15, 0.2) is 0 Å². The predicted molar refractivity (Wildman–Crippen MR) is 112 cm³/mol. The molecule has 2 nitrogen and oxygen atoms in total. The molecule has 0 saturated heterocycles. The summed E-state index contributed by atoms with van der Waals surface area (Å²) in [6.45, 7) is 6.73. The van der Waals surface area contributed by atoms with Crippen molar-refractivity contribution >= 4 is 11.3 Å². The molecule has 4 fully saturated rings. The van der Waals surface area contributed by atoms with Crippen molar-refractivity contribution in [3.63, 3.8) is 0 Å². The van der Waals surface area contributed by atoms with Crippen molar-refractivity contribution in [1.29, 1.82) is 0 Å². The Hall–Kier alpha value is -1.32. The van der Waals surface area contributed by atoms with E-state index < -0.39 is 0 Å². The minimum absolute atomic E-state index is 0.372. The van der Waals surface area contributed by atoms with Gasteiger partial charge in [-0.2, -0.15) is 0 Å². The summed E-state index contributed by atoms with van der Waals surface area (Å²) in [5.41, 5.74) is 2.88. The van der Waals surface area contributed by atoms with E-state index in [4.69, 9.17) is 4.74 Å². The Bertz CT molecular complexity index is 778. The standard InChI is InChI=1S/C24H31NOS/c1-22-10-19-11-23(2,15-22)17-24(12-19,16-22)25-13-18-5-7-20(8-6-18)26-14-21-4-3-9-27-21/h3-9,19,25H,10-17H2,1-2H3. The van der Waals surface area contributed by atoms with Gasteiger partial charge in [-0.25, -0.2) is 0 Å². The highest BCUT2D eigenvalue weighted by molar-refractivity contribution is 7.09. The lowest BCUT2D eigenvalue weighted by Crippen LogP contribution is -2.63. The molecule has 0 amide bonds. The Morgan fingerprint density at radius 3 is 2.37 bits per heavy atom. The summed E-state index contributed by atoms with van der Waals surface area (Å²) in [4.78, 5) is 1.27. The number of hydrogen-bond donors (Lipinski definition) is 1. The molecule has 4 saturated carbocycles. The van der Waals surface area contributed by atoms with E-state index >= 15 is 0 Å². The minimum Gasteiger partial charge on any atom is -0.488 e. The molecular weight excluding hydrogens is 350 g/mol. The third-order valence-electron chi connectivity index (χ3n) is 7.18. The molecule has 2 atom stereocenters. The lowest BCUT2D eigenvalue weighted by atomic mass is 9.43. The SMILES string of the molecule is CC12CC3CC(C)(C1)CC(NCc1ccc(OCc4cccs4)cc1)(C3)C2. The normalized spacial score (nSPS) is 36.9. The van der Waals surface area contributed by atoms with Gasteiger partial charge in [0.25, 0.3) is 0 Å². The molecule has 144 valence electrons. The van der Waals surface area contributed by atoms with Gasteiger partial charge in [-0.1, -0.05) is 32.0 Å². The van der Waals surface area contributed by atoms with Gasteiger partial charge < -0.3 is 10.1 Å². The summed E-state index contributed by atoms with van der Waals surface area (Å²) in [7, 11) is 0. The highest BCUT2D eigenvalue weighted by Gasteiger charge is 2.59. The fourth-order valence-electron chi connectivity index (χ4n) is 7.19. The van der Waals surface area contributed by atoms with Crippen LogP contribution in [0.4, 0.5) is 0 Å². The van der Waals surface area contributed by atoms with Crippen molar-refractivity contribution in [2.75, 3.05) is 0 Å². The zero-order chi connectivity index (χ0) is 18.5. The van der Waals surface area contributed by atoms with E-state index in [1.807, 2.05) is 0 Å². The van der Waals surface area contributed by atoms with E-state index in [1.54, 1.807) is 11.3 Å². The zero-order valence-electron chi connectivity index (χ0n) is 16.6. The maximum absolute atomic E-state index is 5.90. The highest BCUT2D eigenvalue weighted by atomic mass is 32.1. The second-order valence-corrected chi connectivity index (χ2v) is 11.3. The van der Waals surface area contributed by atoms with Crippen LogP contribution in [0.5, 0.6) is 5.75 Å². The Morgan fingerprint density at radius 2 is 1.74 bits per heavy atom. The first-order chi connectivity index (χ1) is 12.9. The van der Waals surface area contributed by atoms with Gasteiger partial charge in [0, 0.05) is 17.0 Å². The van der Waals surface area contributed by atoms with Gasteiger partial charge >= 0.3 is 0 Å². The average Bonchev–Trinajstić information content (AvgIpc) is 3.09. The first kappa shape index (κ1) is 17.8. The molecule has 4 aliphatic rings. The minimum atomic E-state index is 0.372. The average molecular weight is 382 g/mol. The van der Waals surface area contributed by atoms with Crippen LogP contribution in [0, 0.1) is 16.7 Å². The van der Waals surface area contributed by atoms with E-state index in [1.165, 1.54) is 49.0 Å². The van der Waals surface area contributed by atoms with E-state index in [9.17, 15) is 0 Å². The Labute approximate surface area is 167 Å². The predicted octanol–water partition coefficient (Wildman–Crippen LogP) is 6.17. The summed E-state index contributed by atoms with van der Waals surface area (Å²) in [6.07, 6.45) is 8.49. The van der Waals surface area contributed by atoms with Crippen LogP contribution in [0.25, 0.3) is 0 Å². The quantitative estimate of drug-likeness (QED) is 0.646. The third kappa shape index (κ3) is 3.56. The largest absolute Gasteiger partial charge is 0.488 e. The van der Waals surface area contributed by atoms with Crippen LogP contribution in [0.1, 0.15) is 62.8 Å². The molecule has 1 aromatic heterocycles. The first-order valence-electron chi connectivity index (χ1n) is 10.4. The number of hydrogen-bond acceptors (Lipinski definition) is 3. The molecule has 1 aromatic carbocycles.